The normalized spacial score (nSPS) is 15.4. The summed E-state index contributed by atoms with van der Waals surface area (Å²) in [6, 6.07) is 7.77. The summed E-state index contributed by atoms with van der Waals surface area (Å²) in [6.07, 6.45) is -1.89. The monoisotopic (exact) mass is 704 g/mol. The number of methoxy groups -OCH3 is 1. The van der Waals surface area contributed by atoms with Crippen LogP contribution in [0.2, 0.25) is 5.02 Å². The molecule has 7 nitrogen and oxygen atoms in total. The minimum atomic E-state index is -4.99. The van der Waals surface area contributed by atoms with Gasteiger partial charge in [-0.2, -0.15) is 13.2 Å². The van der Waals surface area contributed by atoms with Gasteiger partial charge in [-0.3, -0.25) is 9.36 Å². The topological polar surface area (TPSA) is 79.1 Å². The molecule has 210 valence electrons. The van der Waals surface area contributed by atoms with Gasteiger partial charge in [-0.25, -0.2) is 9.79 Å². The maximum absolute atomic E-state index is 14.2. The lowest BCUT2D eigenvalue weighted by Gasteiger charge is -2.26. The average Bonchev–Trinajstić information content (AvgIpc) is 3.21. The van der Waals surface area contributed by atoms with Crippen LogP contribution >= 0.6 is 45.5 Å². The summed E-state index contributed by atoms with van der Waals surface area (Å²) in [5.41, 5.74) is -2.06. The Hall–Kier alpha value is -3.10. The fourth-order valence-corrected chi connectivity index (χ4v) is 5.97. The molecule has 0 saturated heterocycles. The maximum atomic E-state index is 14.2. The number of benzene rings is 2. The van der Waals surface area contributed by atoms with E-state index in [-0.39, 0.29) is 28.1 Å². The Labute approximate surface area is 249 Å². The summed E-state index contributed by atoms with van der Waals surface area (Å²) in [5, 5.41) is 0.331. The Morgan fingerprint density at radius 2 is 1.98 bits per heavy atom. The van der Waals surface area contributed by atoms with Gasteiger partial charge in [-0.15, -0.1) is 0 Å². The standard InChI is InChI=1S/C27H21ClF3IN2O5S/c1-4-10-39-22-17(32)11-14(12-18(22)37-3)13-19-24(35)34-21(15-6-8-16(28)9-7-15)20(25(36)38-5-2)23(27(29,30)31)33-26(34)40-19/h4,6-9,11-13,21H,1,5,10H2,2-3H3/b19-13-/t21-/m1/s1. The molecule has 3 aromatic rings. The number of rotatable bonds is 8. The van der Waals surface area contributed by atoms with Crippen molar-refractivity contribution in [1.82, 2.24) is 4.57 Å². The summed E-state index contributed by atoms with van der Waals surface area (Å²) in [7, 11) is 1.46. The average molecular weight is 705 g/mol. The molecule has 40 heavy (non-hydrogen) atoms. The van der Waals surface area contributed by atoms with Crippen LogP contribution in [0.25, 0.3) is 6.08 Å². The predicted octanol–water partition coefficient (Wildman–Crippen LogP) is 5.17. The highest BCUT2D eigenvalue weighted by atomic mass is 127. The van der Waals surface area contributed by atoms with E-state index >= 15 is 0 Å². The highest BCUT2D eigenvalue weighted by Gasteiger charge is 2.45. The van der Waals surface area contributed by atoms with Gasteiger partial charge in [0.1, 0.15) is 6.61 Å². The first kappa shape index (κ1) is 29.9. The minimum Gasteiger partial charge on any atom is -0.493 e. The highest BCUT2D eigenvalue weighted by molar-refractivity contribution is 14.1. The van der Waals surface area contributed by atoms with Crippen LogP contribution in [0, 0.1) is 3.57 Å². The number of alkyl halides is 3. The lowest BCUT2D eigenvalue weighted by molar-refractivity contribution is -0.140. The van der Waals surface area contributed by atoms with Gasteiger partial charge in [0.2, 0.25) is 0 Å². The number of thiazole rings is 1. The maximum Gasteiger partial charge on any atom is 0.434 e. The molecule has 0 bridgehead atoms. The van der Waals surface area contributed by atoms with Crippen LogP contribution in [0.3, 0.4) is 0 Å². The van der Waals surface area contributed by atoms with Crippen molar-refractivity contribution in [2.45, 2.75) is 19.1 Å². The predicted molar refractivity (Wildman–Crippen MR) is 154 cm³/mol. The van der Waals surface area contributed by atoms with Crippen molar-refractivity contribution >= 4 is 57.6 Å². The number of halogens is 5. The Morgan fingerprint density at radius 1 is 1.27 bits per heavy atom. The van der Waals surface area contributed by atoms with Gasteiger partial charge in [0.15, 0.2) is 22.0 Å². The van der Waals surface area contributed by atoms with Crippen molar-refractivity contribution < 1.29 is 32.2 Å². The molecule has 0 fully saturated rings. The van der Waals surface area contributed by atoms with Crippen molar-refractivity contribution in [2.24, 2.45) is 4.99 Å². The number of carbonyl (C=O) groups excluding carboxylic acids is 1. The molecular weight excluding hydrogens is 684 g/mol. The van der Waals surface area contributed by atoms with Gasteiger partial charge in [0, 0.05) is 5.02 Å². The Kier molecular flexibility index (Phi) is 9.10. The van der Waals surface area contributed by atoms with Crippen molar-refractivity contribution in [1.29, 1.82) is 0 Å². The second-order valence-corrected chi connectivity index (χ2v) is 10.9. The molecule has 0 saturated carbocycles. The molecule has 0 aliphatic carbocycles. The molecule has 0 unspecified atom stereocenters. The molecule has 1 aromatic heterocycles. The van der Waals surface area contributed by atoms with E-state index in [0.717, 1.165) is 15.9 Å². The molecule has 1 atom stereocenters. The number of fused-ring (bicyclic) bond motifs is 1. The Balaban J connectivity index is 1.99. The lowest BCUT2D eigenvalue weighted by atomic mass is 9.95. The van der Waals surface area contributed by atoms with Gasteiger partial charge in [-0.1, -0.05) is 47.7 Å². The Bertz CT molecular complexity index is 1680. The van der Waals surface area contributed by atoms with E-state index < -0.39 is 35.0 Å². The smallest absolute Gasteiger partial charge is 0.434 e. The largest absolute Gasteiger partial charge is 0.493 e. The van der Waals surface area contributed by atoms with E-state index in [2.05, 4.69) is 34.2 Å². The molecule has 0 amide bonds. The summed E-state index contributed by atoms with van der Waals surface area (Å²) in [4.78, 5) is 30.2. The molecule has 0 N–H and O–H groups in total. The van der Waals surface area contributed by atoms with Crippen LogP contribution in [0.5, 0.6) is 11.5 Å². The second-order valence-electron chi connectivity index (χ2n) is 8.25. The zero-order valence-corrected chi connectivity index (χ0v) is 24.8. The van der Waals surface area contributed by atoms with Gasteiger partial charge in [-0.05, 0) is 71.0 Å². The summed E-state index contributed by atoms with van der Waals surface area (Å²) in [6.45, 7) is 5.18. The fraction of sp³-hybridized carbons (Fsp3) is 0.222. The number of nitrogens with zero attached hydrogens (tertiary/aromatic N) is 2. The molecular formula is C27H21ClF3IN2O5S. The number of hydrogen-bond donors (Lipinski definition) is 0. The molecule has 0 spiro atoms. The number of aromatic nitrogens is 1. The van der Waals surface area contributed by atoms with Crippen LogP contribution in [0.15, 0.2) is 70.1 Å². The summed E-state index contributed by atoms with van der Waals surface area (Å²) in [5.74, 6) is -0.337. The SMILES string of the molecule is C=CCOc1c(I)cc(/C=c2\sc3n(c2=O)[C@H](c2ccc(Cl)cc2)C(C(=O)OCC)=C(C(F)(F)F)N=3)cc1OC. The summed E-state index contributed by atoms with van der Waals surface area (Å²) >= 11 is 8.83. The molecule has 0 radical (unpaired) electrons. The number of esters is 1. The molecule has 4 rings (SSSR count). The third kappa shape index (κ3) is 5.98. The van der Waals surface area contributed by atoms with E-state index in [1.807, 2.05) is 0 Å². The van der Waals surface area contributed by atoms with E-state index in [4.69, 9.17) is 25.8 Å². The van der Waals surface area contributed by atoms with E-state index in [9.17, 15) is 22.8 Å². The van der Waals surface area contributed by atoms with Gasteiger partial charge in [0.25, 0.3) is 5.56 Å². The van der Waals surface area contributed by atoms with Crippen LogP contribution in [0.1, 0.15) is 24.1 Å². The van der Waals surface area contributed by atoms with Gasteiger partial charge >= 0.3 is 12.1 Å². The first-order valence-electron chi connectivity index (χ1n) is 11.7. The van der Waals surface area contributed by atoms with Crippen LogP contribution in [0.4, 0.5) is 13.2 Å². The third-order valence-corrected chi connectivity index (χ3v) is 7.71. The van der Waals surface area contributed by atoms with Gasteiger partial charge in [0.05, 0.1) is 33.4 Å². The molecule has 1 aliphatic heterocycles. The van der Waals surface area contributed by atoms with Crippen LogP contribution in [-0.4, -0.2) is 37.0 Å². The fourth-order valence-electron chi connectivity index (χ4n) is 4.06. The molecule has 2 heterocycles. The third-order valence-electron chi connectivity index (χ3n) is 5.68. The first-order chi connectivity index (χ1) is 19.0. The van der Waals surface area contributed by atoms with Crippen molar-refractivity contribution in [3.63, 3.8) is 0 Å². The molecule has 13 heteroatoms. The van der Waals surface area contributed by atoms with Crippen molar-refractivity contribution in [2.75, 3.05) is 20.3 Å². The molecule has 1 aliphatic rings. The van der Waals surface area contributed by atoms with Crippen molar-refractivity contribution in [3.05, 3.63) is 99.7 Å². The van der Waals surface area contributed by atoms with E-state index in [0.29, 0.717) is 25.7 Å². The number of carbonyl (C=O) groups is 1. The zero-order valence-electron chi connectivity index (χ0n) is 21.1. The second kappa shape index (κ2) is 12.2. The summed E-state index contributed by atoms with van der Waals surface area (Å²) < 4.78 is 60.7. The first-order valence-corrected chi connectivity index (χ1v) is 13.9. The molecule has 2 aromatic carbocycles. The number of hydrogen-bond acceptors (Lipinski definition) is 7. The quantitative estimate of drug-likeness (QED) is 0.184. The Morgan fingerprint density at radius 3 is 2.58 bits per heavy atom. The van der Waals surface area contributed by atoms with Crippen LogP contribution in [-0.2, 0) is 9.53 Å². The lowest BCUT2D eigenvalue weighted by Crippen LogP contribution is -2.41. The van der Waals surface area contributed by atoms with Crippen molar-refractivity contribution in [3.8, 4) is 11.5 Å². The number of ether oxygens (including phenoxy) is 3. The minimum absolute atomic E-state index is 0.0990. The number of allylic oxidation sites excluding steroid dienone is 1. The highest BCUT2D eigenvalue weighted by Crippen LogP contribution is 2.39. The van der Waals surface area contributed by atoms with Gasteiger partial charge < -0.3 is 14.2 Å². The van der Waals surface area contributed by atoms with E-state index in [1.165, 1.54) is 44.4 Å². The van der Waals surface area contributed by atoms with Crippen LogP contribution < -0.4 is 24.4 Å². The zero-order chi connectivity index (χ0) is 29.2. The van der Waals surface area contributed by atoms with E-state index in [1.54, 1.807) is 18.2 Å².